The molecule has 0 spiro atoms. The lowest BCUT2D eigenvalue weighted by Crippen LogP contribution is -2.17. The molecule has 0 aliphatic heterocycles. The van der Waals surface area contributed by atoms with E-state index in [4.69, 9.17) is 0 Å². The molecule has 0 N–H and O–H groups in total. The van der Waals surface area contributed by atoms with Gasteiger partial charge in [-0.2, -0.15) is 0 Å². The molecular weight excluding hydrogens is 343 g/mol. The highest BCUT2D eigenvalue weighted by Crippen LogP contribution is 2.28. The van der Waals surface area contributed by atoms with E-state index in [0.29, 0.717) is 0 Å². The van der Waals surface area contributed by atoms with Crippen LogP contribution < -0.4 is 0 Å². The van der Waals surface area contributed by atoms with Crippen LogP contribution >= 0.6 is 0 Å². The zero-order valence-electron chi connectivity index (χ0n) is 10.4. The van der Waals surface area contributed by atoms with E-state index in [1.54, 1.807) is 0 Å². The summed E-state index contributed by atoms with van der Waals surface area (Å²) in [5, 5.41) is 0. The lowest BCUT2D eigenvalue weighted by molar-refractivity contribution is 0.101. The smallest absolute Gasteiger partial charge is 0.205 e. The van der Waals surface area contributed by atoms with Gasteiger partial charge in [0.15, 0.2) is 40.7 Å². The van der Waals surface area contributed by atoms with Gasteiger partial charge in [-0.15, -0.1) is 0 Å². The Balaban J connectivity index is 2.81. The number of hydrogen-bond donors (Lipinski definition) is 0. The molecule has 0 unspecified atom stereocenters. The molecule has 0 aliphatic rings. The lowest BCUT2D eigenvalue weighted by atomic mass is 10.00. The minimum Gasteiger partial charge on any atom is -0.288 e. The van der Waals surface area contributed by atoms with Gasteiger partial charge in [-0.3, -0.25) is 4.79 Å². The molecular formula is C13HF9O. The Bertz CT molecular complexity index is 815. The van der Waals surface area contributed by atoms with Gasteiger partial charge in [0.1, 0.15) is 11.4 Å². The van der Waals surface area contributed by atoms with Crippen molar-refractivity contribution in [3.63, 3.8) is 0 Å². The quantitative estimate of drug-likeness (QED) is 0.346. The molecule has 2 aromatic carbocycles. The van der Waals surface area contributed by atoms with Crippen LogP contribution in [-0.2, 0) is 0 Å². The minimum absolute atomic E-state index is 0.322. The van der Waals surface area contributed by atoms with Crippen molar-refractivity contribution in [2.75, 3.05) is 0 Å². The Labute approximate surface area is 121 Å². The molecule has 0 fully saturated rings. The summed E-state index contributed by atoms with van der Waals surface area (Å²) in [4.78, 5) is 11.7. The third-order valence-corrected chi connectivity index (χ3v) is 2.78. The van der Waals surface area contributed by atoms with E-state index in [0.717, 1.165) is 0 Å². The molecule has 0 aliphatic carbocycles. The molecule has 2 aromatic rings. The Morgan fingerprint density at radius 1 is 0.522 bits per heavy atom. The van der Waals surface area contributed by atoms with E-state index >= 15 is 0 Å². The number of rotatable bonds is 2. The predicted molar refractivity (Wildman–Crippen MR) is 55.9 cm³/mol. The molecule has 0 amide bonds. The van der Waals surface area contributed by atoms with Crippen LogP contribution in [0.1, 0.15) is 15.9 Å². The van der Waals surface area contributed by atoms with Crippen molar-refractivity contribution in [1.82, 2.24) is 0 Å². The molecule has 0 saturated carbocycles. The first-order valence-electron chi connectivity index (χ1n) is 5.48. The topological polar surface area (TPSA) is 17.1 Å². The van der Waals surface area contributed by atoms with E-state index in [1.165, 1.54) is 0 Å². The Kier molecular flexibility index (Phi) is 4.10. The Morgan fingerprint density at radius 3 is 1.39 bits per heavy atom. The van der Waals surface area contributed by atoms with Crippen LogP contribution in [0.25, 0.3) is 0 Å². The van der Waals surface area contributed by atoms with Gasteiger partial charge in [0, 0.05) is 6.07 Å². The van der Waals surface area contributed by atoms with Crippen LogP contribution in [0, 0.1) is 52.4 Å². The number of carbonyl (C=O) groups excluding carboxylic acids is 1. The van der Waals surface area contributed by atoms with E-state index in [1.807, 2.05) is 0 Å². The molecule has 0 bridgehead atoms. The van der Waals surface area contributed by atoms with Crippen molar-refractivity contribution in [2.24, 2.45) is 0 Å². The molecule has 1 nitrogen and oxygen atoms in total. The average Bonchev–Trinajstić information content (AvgIpc) is 2.49. The second kappa shape index (κ2) is 5.60. The van der Waals surface area contributed by atoms with Crippen molar-refractivity contribution in [1.29, 1.82) is 0 Å². The summed E-state index contributed by atoms with van der Waals surface area (Å²) in [5.41, 5.74) is -4.21. The van der Waals surface area contributed by atoms with Gasteiger partial charge in [-0.25, -0.2) is 39.5 Å². The monoisotopic (exact) mass is 344 g/mol. The summed E-state index contributed by atoms with van der Waals surface area (Å²) >= 11 is 0. The van der Waals surface area contributed by atoms with Gasteiger partial charge >= 0.3 is 0 Å². The first-order valence-corrected chi connectivity index (χ1v) is 5.48. The highest BCUT2D eigenvalue weighted by molar-refractivity contribution is 6.09. The summed E-state index contributed by atoms with van der Waals surface area (Å²) in [6.45, 7) is 0. The zero-order valence-corrected chi connectivity index (χ0v) is 10.4. The molecule has 0 aromatic heterocycles. The highest BCUT2D eigenvalue weighted by atomic mass is 19.2. The molecule has 0 saturated heterocycles. The van der Waals surface area contributed by atoms with Crippen LogP contribution in [0.5, 0.6) is 0 Å². The second-order valence-electron chi connectivity index (χ2n) is 4.12. The molecule has 2 rings (SSSR count). The first kappa shape index (κ1) is 16.8. The van der Waals surface area contributed by atoms with Crippen molar-refractivity contribution in [2.45, 2.75) is 0 Å². The summed E-state index contributed by atoms with van der Waals surface area (Å²) in [6.07, 6.45) is 0. The lowest BCUT2D eigenvalue weighted by Gasteiger charge is -2.09. The van der Waals surface area contributed by atoms with Crippen LogP contribution in [0.2, 0.25) is 0 Å². The first-order chi connectivity index (χ1) is 10.6. The maximum Gasteiger partial charge on any atom is 0.205 e. The van der Waals surface area contributed by atoms with E-state index in [2.05, 4.69) is 0 Å². The summed E-state index contributed by atoms with van der Waals surface area (Å²) < 4.78 is 118. The van der Waals surface area contributed by atoms with Crippen LogP contribution in [0.15, 0.2) is 6.07 Å². The predicted octanol–water partition coefficient (Wildman–Crippen LogP) is 4.17. The maximum absolute atomic E-state index is 13.4. The normalized spacial score (nSPS) is 11.0. The van der Waals surface area contributed by atoms with Gasteiger partial charge in [0.05, 0.1) is 5.56 Å². The fourth-order valence-electron chi connectivity index (χ4n) is 1.70. The van der Waals surface area contributed by atoms with Gasteiger partial charge in [0.25, 0.3) is 0 Å². The summed E-state index contributed by atoms with van der Waals surface area (Å²) in [7, 11) is 0. The fraction of sp³-hybridized carbons (Fsp3) is 0. The van der Waals surface area contributed by atoms with Gasteiger partial charge in [0.2, 0.25) is 11.6 Å². The summed E-state index contributed by atoms with van der Waals surface area (Å²) in [6, 6.07) is -0.322. The third-order valence-electron chi connectivity index (χ3n) is 2.78. The number of halogens is 9. The standard InChI is InChI=1S/C13HF9O/c14-2-1-3(15)6(16)7(17)4(2)13(23)5-8(18)10(20)12(22)11(21)9(5)19/h1H. The Hall–Kier alpha value is -2.52. The van der Waals surface area contributed by atoms with Crippen molar-refractivity contribution >= 4 is 5.78 Å². The molecule has 122 valence electrons. The largest absolute Gasteiger partial charge is 0.288 e. The molecule has 23 heavy (non-hydrogen) atoms. The SMILES string of the molecule is O=C(c1c(F)cc(F)c(F)c1F)c1c(F)c(F)c(F)c(F)c1F. The van der Waals surface area contributed by atoms with Crippen LogP contribution in [-0.4, -0.2) is 5.78 Å². The van der Waals surface area contributed by atoms with Crippen molar-refractivity contribution in [3.05, 3.63) is 69.5 Å². The second-order valence-corrected chi connectivity index (χ2v) is 4.12. The van der Waals surface area contributed by atoms with Gasteiger partial charge in [-0.1, -0.05) is 0 Å². The number of hydrogen-bond acceptors (Lipinski definition) is 1. The van der Waals surface area contributed by atoms with Gasteiger partial charge < -0.3 is 0 Å². The minimum atomic E-state index is -2.63. The maximum atomic E-state index is 13.4. The third kappa shape index (κ3) is 2.43. The summed E-state index contributed by atoms with van der Waals surface area (Å²) in [5.74, 6) is -24.4. The number of carbonyl (C=O) groups is 1. The van der Waals surface area contributed by atoms with E-state index in [-0.39, 0.29) is 6.07 Å². The molecule has 10 heteroatoms. The van der Waals surface area contributed by atoms with E-state index in [9.17, 15) is 44.3 Å². The average molecular weight is 344 g/mol. The van der Waals surface area contributed by atoms with Crippen LogP contribution in [0.4, 0.5) is 39.5 Å². The Morgan fingerprint density at radius 2 is 0.913 bits per heavy atom. The number of ketones is 1. The zero-order chi connectivity index (χ0) is 17.6. The molecule has 0 radical (unpaired) electrons. The molecule has 0 atom stereocenters. The van der Waals surface area contributed by atoms with Crippen molar-refractivity contribution in [3.8, 4) is 0 Å². The highest BCUT2D eigenvalue weighted by Gasteiger charge is 2.34. The van der Waals surface area contributed by atoms with Crippen LogP contribution in [0.3, 0.4) is 0 Å². The van der Waals surface area contributed by atoms with E-state index < -0.39 is 69.3 Å². The fourth-order valence-corrected chi connectivity index (χ4v) is 1.70. The molecule has 0 heterocycles. The van der Waals surface area contributed by atoms with Gasteiger partial charge in [-0.05, 0) is 0 Å². The van der Waals surface area contributed by atoms with Crippen molar-refractivity contribution < 1.29 is 44.3 Å². The number of benzene rings is 2.